The molecule has 0 aromatic heterocycles. The van der Waals surface area contributed by atoms with E-state index in [4.69, 9.17) is 5.90 Å². The normalized spacial score (nSPS) is 9.75. The topological polar surface area (TPSA) is 49.4 Å². The van der Waals surface area contributed by atoms with Crippen molar-refractivity contribution < 1.29 is 4.84 Å². The number of unbranched alkanes of at least 4 members (excludes halogenated alkanes) is 1. The van der Waals surface area contributed by atoms with Gasteiger partial charge in [-0.25, -0.2) is 5.90 Å². The van der Waals surface area contributed by atoms with Crippen molar-refractivity contribution >= 4 is 0 Å². The van der Waals surface area contributed by atoms with E-state index in [2.05, 4.69) is 10.2 Å². The first-order valence-electron chi connectivity index (χ1n) is 2.79. The fourth-order valence-corrected chi connectivity index (χ4v) is 0.455. The summed E-state index contributed by atoms with van der Waals surface area (Å²) in [5.74, 6) is 4.78. The van der Waals surface area contributed by atoms with Gasteiger partial charge in [0.15, 0.2) is 0 Å². The van der Waals surface area contributed by atoms with E-state index in [1.807, 2.05) is 7.05 Å². The van der Waals surface area contributed by atoms with Gasteiger partial charge in [-0.3, -0.25) is 0 Å². The van der Waals surface area contributed by atoms with Crippen LogP contribution in [-0.4, -0.2) is 20.2 Å². The van der Waals surface area contributed by atoms with Crippen molar-refractivity contribution in [2.75, 3.05) is 20.2 Å². The van der Waals surface area contributed by atoms with Crippen LogP contribution in [0.4, 0.5) is 0 Å². The van der Waals surface area contributed by atoms with Crippen LogP contribution in [0.3, 0.4) is 0 Å². The van der Waals surface area contributed by atoms with Gasteiger partial charge in [0, 0.05) is 0 Å². The van der Waals surface area contributed by atoms with Gasteiger partial charge in [-0.05, 0) is 6.42 Å². The van der Waals surface area contributed by atoms with E-state index >= 15 is 0 Å². The molecule has 0 saturated heterocycles. The third-order valence-corrected chi connectivity index (χ3v) is 0.894. The van der Waals surface area contributed by atoms with Crippen molar-refractivity contribution in [1.82, 2.24) is 0 Å². The number of nitrogens with two attached hydrogens (primary N) is 1. The summed E-state index contributed by atoms with van der Waals surface area (Å²) >= 11 is 0. The SMILES string of the molecule is C[N-]CCCCON. The fourth-order valence-electron chi connectivity index (χ4n) is 0.455. The van der Waals surface area contributed by atoms with Crippen LogP contribution in [0.15, 0.2) is 0 Å². The van der Waals surface area contributed by atoms with E-state index in [9.17, 15) is 0 Å². The maximum absolute atomic E-state index is 4.78. The molecule has 0 amide bonds. The number of rotatable bonds is 5. The van der Waals surface area contributed by atoms with Gasteiger partial charge in [0.1, 0.15) is 0 Å². The van der Waals surface area contributed by atoms with Crippen molar-refractivity contribution in [3.8, 4) is 0 Å². The molecule has 0 aliphatic heterocycles. The molecule has 0 heterocycles. The standard InChI is InChI=1S/C5H13N2O/c1-7-4-2-3-5-8-6/h2-6H2,1H3/q-1. The van der Waals surface area contributed by atoms with Crippen molar-refractivity contribution in [3.05, 3.63) is 5.32 Å². The Bertz CT molecular complexity index is 35.4. The molecule has 2 N–H and O–H groups in total. The second-order valence-corrected chi connectivity index (χ2v) is 1.62. The number of nitrogens with zero attached hydrogens (tertiary/aromatic N) is 1. The Hall–Kier alpha value is -0.120. The lowest BCUT2D eigenvalue weighted by atomic mass is 10.3. The first kappa shape index (κ1) is 7.88. The molecule has 0 radical (unpaired) electrons. The molecular weight excluding hydrogens is 104 g/mol. The van der Waals surface area contributed by atoms with Gasteiger partial charge >= 0.3 is 0 Å². The van der Waals surface area contributed by atoms with Gasteiger partial charge in [-0.1, -0.05) is 6.42 Å². The quantitative estimate of drug-likeness (QED) is 0.425. The molecule has 8 heavy (non-hydrogen) atoms. The average molecular weight is 117 g/mol. The highest BCUT2D eigenvalue weighted by molar-refractivity contribution is 4.67. The predicted octanol–water partition coefficient (Wildman–Crippen LogP) is 0.660. The minimum absolute atomic E-state index is 0.648. The summed E-state index contributed by atoms with van der Waals surface area (Å²) < 4.78 is 0. The molecule has 0 aromatic carbocycles. The van der Waals surface area contributed by atoms with Crippen LogP contribution >= 0.6 is 0 Å². The Morgan fingerprint density at radius 3 is 2.75 bits per heavy atom. The fraction of sp³-hybridized carbons (Fsp3) is 1.00. The highest BCUT2D eigenvalue weighted by Gasteiger charge is 1.78. The molecule has 0 aromatic rings. The maximum Gasteiger partial charge on any atom is 0.0678 e. The Labute approximate surface area is 50.2 Å². The van der Waals surface area contributed by atoms with Crippen LogP contribution in [-0.2, 0) is 4.84 Å². The molecule has 0 unspecified atom stereocenters. The number of hydrogen-bond acceptors (Lipinski definition) is 2. The van der Waals surface area contributed by atoms with Crippen LogP contribution in [0, 0.1) is 0 Å². The van der Waals surface area contributed by atoms with Crippen molar-refractivity contribution in [2.24, 2.45) is 5.90 Å². The summed E-state index contributed by atoms with van der Waals surface area (Å²) in [5, 5.41) is 3.91. The molecule has 0 spiro atoms. The zero-order chi connectivity index (χ0) is 6.24. The molecule has 0 aliphatic rings. The molecule has 0 saturated carbocycles. The van der Waals surface area contributed by atoms with Gasteiger partial charge in [0.2, 0.25) is 0 Å². The summed E-state index contributed by atoms with van der Waals surface area (Å²) in [4.78, 5) is 4.35. The van der Waals surface area contributed by atoms with Crippen LogP contribution in [0.2, 0.25) is 0 Å². The monoisotopic (exact) mass is 117 g/mol. The van der Waals surface area contributed by atoms with Crippen LogP contribution in [0.5, 0.6) is 0 Å². The van der Waals surface area contributed by atoms with E-state index < -0.39 is 0 Å². The van der Waals surface area contributed by atoms with Gasteiger partial charge in [-0.15, -0.1) is 6.54 Å². The molecule has 0 bridgehead atoms. The Balaban J connectivity index is 2.53. The Morgan fingerprint density at radius 1 is 1.50 bits per heavy atom. The number of hydrogen-bond donors (Lipinski definition) is 1. The summed E-state index contributed by atoms with van der Waals surface area (Å²) in [6.45, 7) is 1.57. The van der Waals surface area contributed by atoms with Crippen LogP contribution < -0.4 is 5.90 Å². The van der Waals surface area contributed by atoms with Crippen LogP contribution in [0.1, 0.15) is 12.8 Å². The van der Waals surface area contributed by atoms with Gasteiger partial charge in [0.05, 0.1) is 6.61 Å². The van der Waals surface area contributed by atoms with Gasteiger partial charge in [0.25, 0.3) is 0 Å². The lowest BCUT2D eigenvalue weighted by molar-refractivity contribution is 0.134. The minimum Gasteiger partial charge on any atom is -0.665 e. The third-order valence-electron chi connectivity index (χ3n) is 0.894. The average Bonchev–Trinajstić information content (AvgIpc) is 1.81. The predicted molar refractivity (Wildman–Crippen MR) is 33.5 cm³/mol. The smallest absolute Gasteiger partial charge is 0.0678 e. The molecule has 0 atom stereocenters. The minimum atomic E-state index is 0.648. The van der Waals surface area contributed by atoms with Crippen molar-refractivity contribution in [3.63, 3.8) is 0 Å². The Morgan fingerprint density at radius 2 is 2.25 bits per heavy atom. The second kappa shape index (κ2) is 6.88. The molecule has 0 fully saturated rings. The Kier molecular flexibility index (Phi) is 6.78. The van der Waals surface area contributed by atoms with Gasteiger partial charge < -0.3 is 10.2 Å². The lowest BCUT2D eigenvalue weighted by Gasteiger charge is -2.08. The molecular formula is C5H13N2O-. The van der Waals surface area contributed by atoms with Crippen LogP contribution in [0.25, 0.3) is 5.32 Å². The molecule has 0 rings (SSSR count). The highest BCUT2D eigenvalue weighted by atomic mass is 16.6. The summed E-state index contributed by atoms with van der Waals surface area (Å²) in [5.41, 5.74) is 0. The molecule has 3 nitrogen and oxygen atoms in total. The van der Waals surface area contributed by atoms with Crippen molar-refractivity contribution in [1.29, 1.82) is 0 Å². The van der Waals surface area contributed by atoms with E-state index in [1.54, 1.807) is 0 Å². The highest BCUT2D eigenvalue weighted by Crippen LogP contribution is 1.90. The molecule has 0 aliphatic carbocycles. The van der Waals surface area contributed by atoms with E-state index in [1.165, 1.54) is 0 Å². The van der Waals surface area contributed by atoms with E-state index in [0.29, 0.717) is 6.61 Å². The first-order valence-corrected chi connectivity index (χ1v) is 2.79. The lowest BCUT2D eigenvalue weighted by Crippen LogP contribution is -2.00. The second-order valence-electron chi connectivity index (χ2n) is 1.62. The molecule has 50 valence electrons. The summed E-state index contributed by atoms with van der Waals surface area (Å²) in [7, 11) is 1.81. The van der Waals surface area contributed by atoms with Gasteiger partial charge in [-0.2, -0.15) is 7.05 Å². The first-order chi connectivity index (χ1) is 3.91. The third kappa shape index (κ3) is 5.88. The van der Waals surface area contributed by atoms with E-state index in [0.717, 1.165) is 19.4 Å². The summed E-state index contributed by atoms with van der Waals surface area (Å²) in [6.07, 6.45) is 2.08. The summed E-state index contributed by atoms with van der Waals surface area (Å²) in [6, 6.07) is 0. The zero-order valence-corrected chi connectivity index (χ0v) is 5.26. The van der Waals surface area contributed by atoms with E-state index in [-0.39, 0.29) is 0 Å². The maximum atomic E-state index is 4.78. The largest absolute Gasteiger partial charge is 0.665 e. The zero-order valence-electron chi connectivity index (χ0n) is 5.26. The molecule has 3 heteroatoms. The van der Waals surface area contributed by atoms with Crippen molar-refractivity contribution in [2.45, 2.75) is 12.8 Å².